The second kappa shape index (κ2) is 5.23. The molecule has 3 aliphatic heterocycles. The van der Waals surface area contributed by atoms with E-state index in [1.807, 2.05) is 0 Å². The largest absolute Gasteiger partial charge is 0.505 e. The average molecular weight is 318 g/mol. The van der Waals surface area contributed by atoms with Crippen molar-refractivity contribution in [1.29, 1.82) is 0 Å². The van der Waals surface area contributed by atoms with Crippen molar-refractivity contribution in [2.24, 2.45) is 5.41 Å². The highest BCUT2D eigenvalue weighted by molar-refractivity contribution is 6.04. The molecule has 5 rings (SSSR count). The molecule has 0 amide bonds. The van der Waals surface area contributed by atoms with Gasteiger partial charge in [0, 0.05) is 23.1 Å². The minimum atomic E-state index is -0.746. The lowest BCUT2D eigenvalue weighted by Crippen LogP contribution is -2.50. The molecule has 1 aromatic heterocycles. The molecule has 1 aromatic carbocycles. The van der Waals surface area contributed by atoms with E-state index in [9.17, 15) is 14.3 Å². The Hall–Kier alpha value is -2.08. The summed E-state index contributed by atoms with van der Waals surface area (Å²) in [6.45, 7) is 3.66. The number of aromatic nitrogens is 1. The van der Waals surface area contributed by atoms with Gasteiger partial charge in [-0.05, 0) is 45.0 Å². The number of carbonyl (C=O) groups is 1. The predicted octanol–water partition coefficient (Wildman–Crippen LogP) is 2.66. The number of phenols is 1. The van der Waals surface area contributed by atoms with Crippen LogP contribution in [0.2, 0.25) is 0 Å². The van der Waals surface area contributed by atoms with E-state index in [1.54, 1.807) is 0 Å². The number of aromatic hydroxyl groups is 1. The summed E-state index contributed by atoms with van der Waals surface area (Å²) in [5.41, 5.74) is 0.934. The number of nitrogens with one attached hydrogen (secondary N) is 1. The monoisotopic (exact) mass is 318 g/mol. The molecule has 4 heterocycles. The Bertz CT molecular complexity index is 749. The first-order valence-electron chi connectivity index (χ1n) is 7.95. The van der Waals surface area contributed by atoms with Crippen molar-refractivity contribution in [1.82, 2.24) is 9.88 Å². The quantitative estimate of drug-likeness (QED) is 0.854. The van der Waals surface area contributed by atoms with E-state index in [1.165, 1.54) is 12.3 Å². The fourth-order valence-electron chi connectivity index (χ4n) is 3.71. The van der Waals surface area contributed by atoms with Crippen molar-refractivity contribution in [3.63, 3.8) is 0 Å². The van der Waals surface area contributed by atoms with Gasteiger partial charge in [-0.15, -0.1) is 0 Å². The van der Waals surface area contributed by atoms with Gasteiger partial charge in [-0.3, -0.25) is 0 Å². The third-order valence-corrected chi connectivity index (χ3v) is 5.35. The number of phenolic OH excluding ortho intramolecular Hbond substituents is 1. The van der Waals surface area contributed by atoms with Crippen LogP contribution >= 0.6 is 0 Å². The minimum absolute atomic E-state index is 0.111. The van der Waals surface area contributed by atoms with E-state index >= 15 is 0 Å². The molecule has 3 saturated heterocycles. The molecule has 0 spiro atoms. The molecule has 2 aromatic rings. The zero-order valence-corrected chi connectivity index (χ0v) is 12.8. The van der Waals surface area contributed by atoms with Crippen LogP contribution in [0.25, 0.3) is 10.9 Å². The van der Waals surface area contributed by atoms with E-state index in [2.05, 4.69) is 9.88 Å². The van der Waals surface area contributed by atoms with Crippen LogP contribution in [0.3, 0.4) is 0 Å². The predicted molar refractivity (Wildman–Crippen MR) is 82.9 cm³/mol. The van der Waals surface area contributed by atoms with Gasteiger partial charge in [0.15, 0.2) is 11.6 Å². The maximum atomic E-state index is 13.5. The SMILES string of the molecule is O=C(OCC12CCN(CC1)CC2)c1c[nH]c2cc(O)c(F)cc12. The molecule has 0 aliphatic carbocycles. The van der Waals surface area contributed by atoms with Crippen molar-refractivity contribution in [3.05, 3.63) is 29.7 Å². The average Bonchev–Trinajstić information content (AvgIpc) is 2.98. The molecular formula is C17H19FN2O3. The zero-order valence-electron chi connectivity index (χ0n) is 12.8. The summed E-state index contributed by atoms with van der Waals surface area (Å²) >= 11 is 0. The first-order valence-corrected chi connectivity index (χ1v) is 7.95. The van der Waals surface area contributed by atoms with Crippen LogP contribution in [-0.4, -0.2) is 47.2 Å². The van der Waals surface area contributed by atoms with Crippen LogP contribution in [0.1, 0.15) is 29.6 Å². The number of esters is 1. The van der Waals surface area contributed by atoms with Gasteiger partial charge in [-0.25, -0.2) is 9.18 Å². The van der Waals surface area contributed by atoms with Crippen molar-refractivity contribution < 1.29 is 19.0 Å². The topological polar surface area (TPSA) is 65.6 Å². The van der Waals surface area contributed by atoms with E-state index in [-0.39, 0.29) is 5.41 Å². The van der Waals surface area contributed by atoms with Crippen LogP contribution in [0.4, 0.5) is 4.39 Å². The molecule has 5 nitrogen and oxygen atoms in total. The Balaban J connectivity index is 1.52. The highest BCUT2D eigenvalue weighted by Crippen LogP contribution is 2.40. The molecule has 0 radical (unpaired) electrons. The molecule has 23 heavy (non-hydrogen) atoms. The number of rotatable bonds is 3. The number of fused-ring (bicyclic) bond motifs is 4. The minimum Gasteiger partial charge on any atom is -0.505 e. The van der Waals surface area contributed by atoms with Crippen molar-refractivity contribution in [3.8, 4) is 5.75 Å². The second-order valence-corrected chi connectivity index (χ2v) is 6.72. The van der Waals surface area contributed by atoms with E-state index in [4.69, 9.17) is 4.74 Å². The van der Waals surface area contributed by atoms with Gasteiger partial charge in [0.1, 0.15) is 0 Å². The van der Waals surface area contributed by atoms with Crippen LogP contribution in [-0.2, 0) is 4.74 Å². The lowest BCUT2D eigenvalue weighted by molar-refractivity contribution is -0.0304. The first kappa shape index (κ1) is 14.5. The molecule has 3 fully saturated rings. The molecular weight excluding hydrogens is 299 g/mol. The number of nitrogens with zero attached hydrogens (tertiary/aromatic N) is 1. The number of benzene rings is 1. The van der Waals surface area contributed by atoms with Gasteiger partial charge in [-0.2, -0.15) is 0 Å². The highest BCUT2D eigenvalue weighted by Gasteiger charge is 2.40. The normalized spacial score (nSPS) is 26.6. The van der Waals surface area contributed by atoms with Crippen molar-refractivity contribution in [2.45, 2.75) is 19.3 Å². The van der Waals surface area contributed by atoms with Gasteiger partial charge in [0.25, 0.3) is 0 Å². The third-order valence-electron chi connectivity index (χ3n) is 5.35. The van der Waals surface area contributed by atoms with Gasteiger partial charge >= 0.3 is 5.97 Å². The van der Waals surface area contributed by atoms with Gasteiger partial charge in [0.2, 0.25) is 0 Å². The standard InChI is InChI=1S/C17H19FN2O3/c18-13-7-11-12(9-19-14(11)8-15(13)21)16(22)23-10-17-1-4-20(5-2-17)6-3-17/h7-9,19,21H,1-6,10H2. The Morgan fingerprint density at radius 1 is 1.30 bits per heavy atom. The number of carbonyl (C=O) groups excluding carboxylic acids is 1. The molecule has 0 unspecified atom stereocenters. The Labute approximate surface area is 133 Å². The number of hydrogen-bond acceptors (Lipinski definition) is 4. The summed E-state index contributed by atoms with van der Waals surface area (Å²) in [6.07, 6.45) is 4.71. The van der Waals surface area contributed by atoms with Crippen LogP contribution < -0.4 is 0 Å². The van der Waals surface area contributed by atoms with E-state index in [0.29, 0.717) is 23.1 Å². The number of ether oxygens (including phenoxy) is 1. The molecule has 0 saturated carbocycles. The molecule has 6 heteroatoms. The first-order chi connectivity index (χ1) is 11.1. The second-order valence-electron chi connectivity index (χ2n) is 6.72. The maximum absolute atomic E-state index is 13.5. The Morgan fingerprint density at radius 3 is 2.70 bits per heavy atom. The summed E-state index contributed by atoms with van der Waals surface area (Å²) < 4.78 is 19.1. The number of H-pyrrole nitrogens is 1. The maximum Gasteiger partial charge on any atom is 0.340 e. The summed E-state index contributed by atoms with van der Waals surface area (Å²) in [4.78, 5) is 17.7. The smallest absolute Gasteiger partial charge is 0.340 e. The number of halogens is 1. The van der Waals surface area contributed by atoms with Gasteiger partial charge in [0.05, 0.1) is 17.7 Å². The summed E-state index contributed by atoms with van der Waals surface area (Å²) in [7, 11) is 0. The zero-order chi connectivity index (χ0) is 16.0. The number of piperidine rings is 3. The fraction of sp³-hybridized carbons (Fsp3) is 0.471. The number of hydrogen-bond donors (Lipinski definition) is 2. The molecule has 0 atom stereocenters. The van der Waals surface area contributed by atoms with Gasteiger partial charge in [-0.1, -0.05) is 0 Å². The Kier molecular flexibility index (Phi) is 3.30. The molecule has 122 valence electrons. The van der Waals surface area contributed by atoms with Crippen LogP contribution in [0.5, 0.6) is 5.75 Å². The number of aromatic amines is 1. The molecule has 2 N–H and O–H groups in total. The van der Waals surface area contributed by atoms with Crippen molar-refractivity contribution in [2.75, 3.05) is 26.2 Å². The highest BCUT2D eigenvalue weighted by atomic mass is 19.1. The summed E-state index contributed by atoms with van der Waals surface area (Å²) in [5, 5.41) is 9.83. The summed E-state index contributed by atoms with van der Waals surface area (Å²) in [6, 6.07) is 2.44. The Morgan fingerprint density at radius 2 is 2.00 bits per heavy atom. The molecule has 3 aliphatic rings. The van der Waals surface area contributed by atoms with Crippen molar-refractivity contribution >= 4 is 16.9 Å². The van der Waals surface area contributed by atoms with E-state index in [0.717, 1.165) is 45.0 Å². The third kappa shape index (κ3) is 2.47. The van der Waals surface area contributed by atoms with E-state index < -0.39 is 17.5 Å². The lowest BCUT2D eigenvalue weighted by Gasteiger charge is -2.47. The molecule has 2 bridgehead atoms. The van der Waals surface area contributed by atoms with Crippen LogP contribution in [0, 0.1) is 11.2 Å². The fourth-order valence-corrected chi connectivity index (χ4v) is 3.71. The summed E-state index contributed by atoms with van der Waals surface area (Å²) in [5.74, 6) is -1.62. The van der Waals surface area contributed by atoms with Gasteiger partial charge < -0.3 is 19.7 Å². The lowest BCUT2D eigenvalue weighted by atomic mass is 9.73. The van der Waals surface area contributed by atoms with Crippen LogP contribution in [0.15, 0.2) is 18.3 Å².